The van der Waals surface area contributed by atoms with Gasteiger partial charge in [-0.3, -0.25) is 0 Å². The number of rotatable bonds is 7. The molecule has 0 bridgehead atoms. The van der Waals surface area contributed by atoms with Gasteiger partial charge in [0.15, 0.2) is 6.17 Å². The molecule has 3 unspecified atom stereocenters. The van der Waals surface area contributed by atoms with Crippen molar-refractivity contribution in [2.75, 3.05) is 13.2 Å². The Morgan fingerprint density at radius 2 is 1.42 bits per heavy atom. The zero-order valence-corrected chi connectivity index (χ0v) is 9.52. The van der Waals surface area contributed by atoms with Gasteiger partial charge in [0.1, 0.15) is 0 Å². The highest BCUT2D eigenvalue weighted by molar-refractivity contribution is 5.02. The molecule has 0 aliphatic carbocycles. The van der Waals surface area contributed by atoms with Crippen LogP contribution in [0.5, 0.6) is 0 Å². The molecule has 2 aliphatic rings. The molecule has 0 aromatic carbocycles. The van der Waals surface area contributed by atoms with E-state index in [1.54, 1.807) is 0 Å². The monoisotopic (exact) mass is 296 g/mol. The first-order chi connectivity index (χ1) is 8.58. The lowest BCUT2D eigenvalue weighted by atomic mass is 9.95. The molecule has 0 aromatic rings. The summed E-state index contributed by atoms with van der Waals surface area (Å²) in [6.07, 6.45) is -8.06. The van der Waals surface area contributed by atoms with Crippen LogP contribution in [0.15, 0.2) is 0 Å². The average molecular weight is 296 g/mol. The van der Waals surface area contributed by atoms with Crippen LogP contribution in [0, 0.1) is 0 Å². The molecule has 0 N–H and O–H groups in total. The molecule has 2 heterocycles. The van der Waals surface area contributed by atoms with Crippen LogP contribution in [-0.2, 0) is 9.47 Å². The van der Waals surface area contributed by atoms with Crippen molar-refractivity contribution in [1.82, 2.24) is 0 Å². The fraction of sp³-hybridized carbons (Fsp3) is 1.00. The fourth-order valence-electron chi connectivity index (χ4n) is 1.62. The van der Waals surface area contributed by atoms with Crippen molar-refractivity contribution >= 4 is 0 Å². The Bertz CT molecular complexity index is 339. The lowest BCUT2D eigenvalue weighted by Gasteiger charge is -2.34. The van der Waals surface area contributed by atoms with E-state index in [2.05, 4.69) is 9.47 Å². The molecule has 9 heteroatoms. The van der Waals surface area contributed by atoms with E-state index >= 15 is 0 Å². The molecular formula is C10H11F7O2. The summed E-state index contributed by atoms with van der Waals surface area (Å²) in [6, 6.07) is 0. The second-order valence-corrected chi connectivity index (χ2v) is 4.72. The Kier molecular flexibility index (Phi) is 3.49. The summed E-state index contributed by atoms with van der Waals surface area (Å²) in [5.41, 5.74) is 0. The molecule has 0 saturated carbocycles. The van der Waals surface area contributed by atoms with Crippen molar-refractivity contribution in [3.05, 3.63) is 0 Å². The second kappa shape index (κ2) is 4.47. The van der Waals surface area contributed by atoms with Gasteiger partial charge in [0.05, 0.1) is 25.4 Å². The zero-order chi connectivity index (χ0) is 14.5. The quantitative estimate of drug-likeness (QED) is 0.533. The van der Waals surface area contributed by atoms with E-state index in [1.165, 1.54) is 0 Å². The Hall–Kier alpha value is -0.570. The molecule has 112 valence electrons. The van der Waals surface area contributed by atoms with Crippen molar-refractivity contribution in [3.63, 3.8) is 0 Å². The third-order valence-corrected chi connectivity index (χ3v) is 3.03. The Labute approximate surface area is 103 Å². The number of halogens is 7. The predicted molar refractivity (Wildman–Crippen MR) is 48.5 cm³/mol. The smallest absolute Gasteiger partial charge is 0.373 e. The van der Waals surface area contributed by atoms with Gasteiger partial charge in [-0.1, -0.05) is 0 Å². The Morgan fingerprint density at radius 1 is 0.947 bits per heavy atom. The predicted octanol–water partition coefficient (Wildman–Crippen LogP) is 2.81. The van der Waals surface area contributed by atoms with Crippen LogP contribution >= 0.6 is 0 Å². The first kappa shape index (κ1) is 14.8. The van der Waals surface area contributed by atoms with E-state index in [4.69, 9.17) is 0 Å². The maximum absolute atomic E-state index is 13.3. The van der Waals surface area contributed by atoms with Gasteiger partial charge >= 0.3 is 17.8 Å². The Morgan fingerprint density at radius 3 is 1.84 bits per heavy atom. The van der Waals surface area contributed by atoms with Crippen molar-refractivity contribution in [2.24, 2.45) is 0 Å². The average Bonchev–Trinajstić information content (AvgIpc) is 3.12. The van der Waals surface area contributed by atoms with Crippen LogP contribution in [0.1, 0.15) is 12.8 Å². The third-order valence-electron chi connectivity index (χ3n) is 3.03. The first-order valence-corrected chi connectivity index (χ1v) is 5.58. The van der Waals surface area contributed by atoms with Gasteiger partial charge < -0.3 is 9.47 Å². The number of hydrogen-bond acceptors (Lipinski definition) is 2. The third kappa shape index (κ3) is 2.81. The van der Waals surface area contributed by atoms with Crippen LogP contribution < -0.4 is 0 Å². The molecule has 0 radical (unpaired) electrons. The van der Waals surface area contributed by atoms with Crippen LogP contribution in [0.3, 0.4) is 0 Å². The van der Waals surface area contributed by atoms with Gasteiger partial charge in [-0.05, 0) is 0 Å². The summed E-state index contributed by atoms with van der Waals surface area (Å²) in [7, 11) is 0. The SMILES string of the molecule is FC(CC1CO1)C(F)(F)C(F)(F)C(F)(F)CC1CO1. The maximum atomic E-state index is 13.3. The molecule has 2 aliphatic heterocycles. The highest BCUT2D eigenvalue weighted by atomic mass is 19.3. The Balaban J connectivity index is 2.09. The van der Waals surface area contributed by atoms with Gasteiger partial charge in [0, 0.05) is 12.8 Å². The molecule has 2 rings (SSSR count). The molecule has 3 atom stereocenters. The van der Waals surface area contributed by atoms with E-state index < -0.39 is 49.0 Å². The minimum absolute atomic E-state index is 0.0334. The van der Waals surface area contributed by atoms with Crippen LogP contribution in [-0.4, -0.2) is 49.4 Å². The van der Waals surface area contributed by atoms with Gasteiger partial charge in [-0.2, -0.15) is 26.3 Å². The highest BCUT2D eigenvalue weighted by Crippen LogP contribution is 2.51. The van der Waals surface area contributed by atoms with E-state index in [0.717, 1.165) is 0 Å². The van der Waals surface area contributed by atoms with Crippen molar-refractivity contribution in [2.45, 2.75) is 49.0 Å². The maximum Gasteiger partial charge on any atom is 0.375 e. The van der Waals surface area contributed by atoms with E-state index in [9.17, 15) is 30.7 Å². The molecule has 19 heavy (non-hydrogen) atoms. The second-order valence-electron chi connectivity index (χ2n) is 4.72. The molecule has 2 saturated heterocycles. The summed E-state index contributed by atoms with van der Waals surface area (Å²) in [5.74, 6) is -16.3. The normalized spacial score (nSPS) is 29.2. The molecular weight excluding hydrogens is 285 g/mol. The van der Waals surface area contributed by atoms with E-state index in [1.807, 2.05) is 0 Å². The topological polar surface area (TPSA) is 25.1 Å². The number of epoxide rings is 2. The van der Waals surface area contributed by atoms with Gasteiger partial charge in [-0.25, -0.2) is 4.39 Å². The summed E-state index contributed by atoms with van der Waals surface area (Å²) < 4.78 is 101. The van der Waals surface area contributed by atoms with Crippen molar-refractivity contribution in [1.29, 1.82) is 0 Å². The van der Waals surface area contributed by atoms with Crippen LogP contribution in [0.25, 0.3) is 0 Å². The largest absolute Gasteiger partial charge is 0.375 e. The molecule has 0 spiro atoms. The number of ether oxygens (including phenoxy) is 2. The summed E-state index contributed by atoms with van der Waals surface area (Å²) in [4.78, 5) is 0. The van der Waals surface area contributed by atoms with Crippen molar-refractivity contribution < 1.29 is 40.2 Å². The molecule has 0 amide bonds. The number of hydrogen-bond donors (Lipinski definition) is 0. The standard InChI is InChI=1S/C10H11F7O2/c11-7(1-5-3-18-5)9(14,15)10(16,17)8(12,13)2-6-4-19-6/h5-7H,1-4H2. The van der Waals surface area contributed by atoms with Crippen molar-refractivity contribution in [3.8, 4) is 0 Å². The minimum Gasteiger partial charge on any atom is -0.373 e. The fourth-order valence-corrected chi connectivity index (χ4v) is 1.62. The summed E-state index contributed by atoms with van der Waals surface area (Å²) >= 11 is 0. The summed E-state index contributed by atoms with van der Waals surface area (Å²) in [6.45, 7) is -0.222. The van der Waals surface area contributed by atoms with Gasteiger partial charge in [0.25, 0.3) is 0 Å². The van der Waals surface area contributed by atoms with Crippen LogP contribution in [0.2, 0.25) is 0 Å². The van der Waals surface area contributed by atoms with Gasteiger partial charge in [-0.15, -0.1) is 0 Å². The summed E-state index contributed by atoms with van der Waals surface area (Å²) in [5, 5.41) is 0. The van der Waals surface area contributed by atoms with Gasteiger partial charge in [0.2, 0.25) is 0 Å². The first-order valence-electron chi connectivity index (χ1n) is 5.58. The van der Waals surface area contributed by atoms with E-state index in [-0.39, 0.29) is 13.2 Å². The lowest BCUT2D eigenvalue weighted by Crippen LogP contribution is -2.58. The molecule has 2 fully saturated rings. The minimum atomic E-state index is -5.78. The van der Waals surface area contributed by atoms with Crippen LogP contribution in [0.4, 0.5) is 30.7 Å². The lowest BCUT2D eigenvalue weighted by molar-refractivity contribution is -0.327. The molecule has 2 nitrogen and oxygen atoms in total. The number of alkyl halides is 7. The highest BCUT2D eigenvalue weighted by Gasteiger charge is 2.75. The zero-order valence-electron chi connectivity index (χ0n) is 9.52. The molecule has 0 aromatic heterocycles. The van der Waals surface area contributed by atoms with E-state index in [0.29, 0.717) is 0 Å².